The van der Waals surface area contributed by atoms with Gasteiger partial charge in [-0.2, -0.15) is 0 Å². The molecule has 2 amide bonds. The number of rotatable bonds is 10. The van der Waals surface area contributed by atoms with E-state index in [1.807, 2.05) is 58.9 Å². The van der Waals surface area contributed by atoms with Crippen molar-refractivity contribution >= 4 is 23.4 Å². The van der Waals surface area contributed by atoms with Gasteiger partial charge in [0.15, 0.2) is 6.61 Å². The number of halogens is 1. The maximum Gasteiger partial charge on any atom is 0.261 e. The van der Waals surface area contributed by atoms with Gasteiger partial charge in [-0.15, -0.1) is 0 Å². The van der Waals surface area contributed by atoms with Crippen molar-refractivity contribution in [2.45, 2.75) is 53.6 Å². The van der Waals surface area contributed by atoms with Gasteiger partial charge in [0.05, 0.1) is 0 Å². The number of hydrogen-bond donors (Lipinski definition) is 1. The zero-order chi connectivity index (χ0) is 23.0. The lowest BCUT2D eigenvalue weighted by Crippen LogP contribution is -2.50. The van der Waals surface area contributed by atoms with Crippen LogP contribution in [0, 0.1) is 19.8 Å². The molecule has 2 aromatic rings. The number of aryl methyl sites for hydroxylation is 2. The number of carbonyl (C=O) groups is 2. The van der Waals surface area contributed by atoms with Crippen LogP contribution in [0.3, 0.4) is 0 Å². The molecule has 5 nitrogen and oxygen atoms in total. The molecule has 0 saturated carbocycles. The SMILES string of the molecule is CC[C@H](C(=O)NCC(C)C)N(Cc1ccc(C)cc1)C(=O)COc1ccc(Cl)c(C)c1. The van der Waals surface area contributed by atoms with E-state index in [-0.39, 0.29) is 18.4 Å². The molecule has 2 aromatic carbocycles. The summed E-state index contributed by atoms with van der Waals surface area (Å²) < 4.78 is 5.73. The molecule has 0 aromatic heterocycles. The van der Waals surface area contributed by atoms with E-state index < -0.39 is 6.04 Å². The summed E-state index contributed by atoms with van der Waals surface area (Å²) in [5.41, 5.74) is 2.99. The Bertz CT molecular complexity index is 881. The molecule has 0 aliphatic rings. The van der Waals surface area contributed by atoms with Gasteiger partial charge in [0.2, 0.25) is 5.91 Å². The first-order valence-electron chi connectivity index (χ1n) is 10.7. The second-order valence-electron chi connectivity index (χ2n) is 8.27. The molecule has 0 fully saturated rings. The van der Waals surface area contributed by atoms with Gasteiger partial charge in [-0.25, -0.2) is 0 Å². The third-order valence-corrected chi connectivity index (χ3v) is 5.46. The fourth-order valence-electron chi connectivity index (χ4n) is 3.17. The molecule has 0 saturated heterocycles. The first-order chi connectivity index (χ1) is 14.7. The molecule has 0 aliphatic carbocycles. The van der Waals surface area contributed by atoms with Gasteiger partial charge in [-0.1, -0.05) is 62.2 Å². The molecule has 6 heteroatoms. The van der Waals surface area contributed by atoms with Crippen LogP contribution >= 0.6 is 11.6 Å². The third kappa shape index (κ3) is 7.59. The van der Waals surface area contributed by atoms with Gasteiger partial charge in [-0.05, 0) is 55.5 Å². The summed E-state index contributed by atoms with van der Waals surface area (Å²) in [6, 6.07) is 12.7. The highest BCUT2D eigenvalue weighted by Crippen LogP contribution is 2.21. The summed E-state index contributed by atoms with van der Waals surface area (Å²) in [5.74, 6) is 0.528. The summed E-state index contributed by atoms with van der Waals surface area (Å²) in [5, 5.41) is 3.61. The van der Waals surface area contributed by atoms with Crippen LogP contribution in [0.25, 0.3) is 0 Å². The molecule has 0 aliphatic heterocycles. The lowest BCUT2D eigenvalue weighted by Gasteiger charge is -2.31. The zero-order valence-electron chi connectivity index (χ0n) is 19.1. The molecular weight excluding hydrogens is 412 g/mol. The number of hydrogen-bond acceptors (Lipinski definition) is 3. The maximum absolute atomic E-state index is 13.2. The molecule has 0 radical (unpaired) electrons. The van der Waals surface area contributed by atoms with Gasteiger partial charge in [-0.3, -0.25) is 9.59 Å². The Labute approximate surface area is 190 Å². The second kappa shape index (κ2) is 11.8. The number of nitrogens with one attached hydrogen (secondary N) is 1. The van der Waals surface area contributed by atoms with Crippen molar-refractivity contribution in [3.8, 4) is 5.75 Å². The fraction of sp³-hybridized carbons (Fsp3) is 0.440. The zero-order valence-corrected chi connectivity index (χ0v) is 19.8. The summed E-state index contributed by atoms with van der Waals surface area (Å²) in [4.78, 5) is 27.7. The quantitative estimate of drug-likeness (QED) is 0.566. The Kier molecular flexibility index (Phi) is 9.38. The Morgan fingerprint density at radius 3 is 2.35 bits per heavy atom. The standard InChI is InChI=1S/C25H33ClN2O3/c1-6-23(25(30)27-14-17(2)3)28(15-20-9-7-18(4)8-10-20)24(29)16-31-21-11-12-22(26)19(5)13-21/h7-13,17,23H,6,14-16H2,1-5H3,(H,27,30)/t23-/m1/s1. The van der Waals surface area contributed by atoms with E-state index >= 15 is 0 Å². The minimum absolute atomic E-state index is 0.140. The molecule has 0 bridgehead atoms. The Balaban J connectivity index is 2.19. The summed E-state index contributed by atoms with van der Waals surface area (Å²) in [6.07, 6.45) is 0.515. The first kappa shape index (κ1) is 24.7. The highest BCUT2D eigenvalue weighted by Gasteiger charge is 2.29. The summed E-state index contributed by atoms with van der Waals surface area (Å²) in [6.45, 7) is 10.7. The maximum atomic E-state index is 13.2. The van der Waals surface area contributed by atoms with E-state index in [1.54, 1.807) is 23.1 Å². The molecule has 168 valence electrons. The molecular formula is C25H33ClN2O3. The fourth-order valence-corrected chi connectivity index (χ4v) is 3.28. The molecule has 1 N–H and O–H groups in total. The van der Waals surface area contributed by atoms with Crippen molar-refractivity contribution in [3.63, 3.8) is 0 Å². The number of nitrogens with zero attached hydrogens (tertiary/aromatic N) is 1. The topological polar surface area (TPSA) is 58.6 Å². The van der Waals surface area contributed by atoms with E-state index in [1.165, 1.54) is 0 Å². The molecule has 31 heavy (non-hydrogen) atoms. The highest BCUT2D eigenvalue weighted by atomic mass is 35.5. The first-order valence-corrected chi connectivity index (χ1v) is 11.1. The van der Waals surface area contributed by atoms with Crippen LogP contribution < -0.4 is 10.1 Å². The number of amides is 2. The number of ether oxygens (including phenoxy) is 1. The van der Waals surface area contributed by atoms with Crippen molar-refractivity contribution in [1.29, 1.82) is 0 Å². The molecule has 2 rings (SSSR count). The van der Waals surface area contributed by atoms with E-state index in [9.17, 15) is 9.59 Å². The van der Waals surface area contributed by atoms with Gasteiger partial charge in [0.1, 0.15) is 11.8 Å². The van der Waals surface area contributed by atoms with Crippen LogP contribution in [0.5, 0.6) is 5.75 Å². The van der Waals surface area contributed by atoms with Gasteiger partial charge >= 0.3 is 0 Å². The predicted octanol–water partition coefficient (Wildman–Crippen LogP) is 4.92. The van der Waals surface area contributed by atoms with Crippen LogP contribution in [-0.2, 0) is 16.1 Å². The third-order valence-electron chi connectivity index (χ3n) is 5.04. The van der Waals surface area contributed by atoms with Crippen molar-refractivity contribution in [1.82, 2.24) is 10.2 Å². The van der Waals surface area contributed by atoms with Crippen molar-refractivity contribution in [2.75, 3.05) is 13.2 Å². The van der Waals surface area contributed by atoms with E-state index in [0.29, 0.717) is 36.2 Å². The molecule has 0 spiro atoms. The van der Waals surface area contributed by atoms with Crippen LogP contribution in [0.4, 0.5) is 0 Å². The van der Waals surface area contributed by atoms with Gasteiger partial charge in [0.25, 0.3) is 5.91 Å². The van der Waals surface area contributed by atoms with E-state index in [4.69, 9.17) is 16.3 Å². The average molecular weight is 445 g/mol. The molecule has 0 heterocycles. The van der Waals surface area contributed by atoms with Crippen LogP contribution in [-0.4, -0.2) is 35.9 Å². The minimum Gasteiger partial charge on any atom is -0.484 e. The minimum atomic E-state index is -0.567. The van der Waals surface area contributed by atoms with Crippen molar-refractivity contribution in [3.05, 3.63) is 64.2 Å². The van der Waals surface area contributed by atoms with Gasteiger partial charge < -0.3 is 15.0 Å². The predicted molar refractivity (Wildman–Crippen MR) is 125 cm³/mol. The Hall–Kier alpha value is -2.53. The lowest BCUT2D eigenvalue weighted by molar-refractivity contribution is -0.143. The largest absolute Gasteiger partial charge is 0.484 e. The van der Waals surface area contributed by atoms with Crippen LogP contribution in [0.1, 0.15) is 43.9 Å². The van der Waals surface area contributed by atoms with Crippen LogP contribution in [0.15, 0.2) is 42.5 Å². The normalized spacial score (nSPS) is 11.8. The summed E-state index contributed by atoms with van der Waals surface area (Å²) >= 11 is 6.07. The number of benzene rings is 2. The van der Waals surface area contributed by atoms with E-state index in [0.717, 1.165) is 16.7 Å². The lowest BCUT2D eigenvalue weighted by atomic mass is 10.1. The number of carbonyl (C=O) groups excluding carboxylic acids is 2. The Morgan fingerprint density at radius 2 is 1.77 bits per heavy atom. The van der Waals surface area contributed by atoms with Gasteiger partial charge in [0, 0.05) is 18.1 Å². The van der Waals surface area contributed by atoms with E-state index in [2.05, 4.69) is 5.32 Å². The Morgan fingerprint density at radius 1 is 1.10 bits per heavy atom. The average Bonchev–Trinajstić information content (AvgIpc) is 2.74. The van der Waals surface area contributed by atoms with Crippen molar-refractivity contribution in [2.24, 2.45) is 5.92 Å². The highest BCUT2D eigenvalue weighted by molar-refractivity contribution is 6.31. The summed E-state index contributed by atoms with van der Waals surface area (Å²) in [7, 11) is 0. The van der Waals surface area contributed by atoms with Crippen molar-refractivity contribution < 1.29 is 14.3 Å². The second-order valence-corrected chi connectivity index (χ2v) is 8.68. The van der Waals surface area contributed by atoms with Crippen LogP contribution in [0.2, 0.25) is 5.02 Å². The molecule has 1 atom stereocenters. The monoisotopic (exact) mass is 444 g/mol. The smallest absolute Gasteiger partial charge is 0.261 e. The molecule has 0 unspecified atom stereocenters.